The Morgan fingerprint density at radius 1 is 1.36 bits per heavy atom. The lowest BCUT2D eigenvalue weighted by molar-refractivity contribution is 0.103. The van der Waals surface area contributed by atoms with Gasteiger partial charge in [0.25, 0.3) is 0 Å². The minimum Gasteiger partial charge on any atom is -0.383 e. The third-order valence-corrected chi connectivity index (χ3v) is 4.26. The van der Waals surface area contributed by atoms with E-state index in [2.05, 4.69) is 39.0 Å². The molecule has 3 N–H and O–H groups in total. The quantitative estimate of drug-likeness (QED) is 0.796. The molecule has 0 unspecified atom stereocenters. The van der Waals surface area contributed by atoms with E-state index in [-0.39, 0.29) is 17.4 Å². The van der Waals surface area contributed by atoms with Crippen molar-refractivity contribution in [1.82, 2.24) is 20.3 Å². The maximum atomic E-state index is 12.6. The van der Waals surface area contributed by atoms with Crippen LogP contribution in [0, 0.1) is 5.92 Å². The molecule has 25 heavy (non-hydrogen) atoms. The molecular formula is C18H24N6O. The number of anilines is 2. The van der Waals surface area contributed by atoms with Crippen LogP contribution in [-0.2, 0) is 0 Å². The number of carbonyl (C=O) groups is 1. The van der Waals surface area contributed by atoms with Gasteiger partial charge in [0.05, 0.1) is 5.56 Å². The predicted molar refractivity (Wildman–Crippen MR) is 97.6 cm³/mol. The molecule has 3 rings (SSSR count). The number of nitrogens with two attached hydrogens (primary N) is 1. The fourth-order valence-corrected chi connectivity index (χ4v) is 3.13. The van der Waals surface area contributed by atoms with Crippen molar-refractivity contribution in [2.24, 2.45) is 5.92 Å². The summed E-state index contributed by atoms with van der Waals surface area (Å²) in [7, 11) is 0. The number of hydrogen-bond acceptors (Lipinski definition) is 7. The molecule has 1 fully saturated rings. The molecule has 3 heterocycles. The van der Waals surface area contributed by atoms with Gasteiger partial charge in [0, 0.05) is 38.1 Å². The number of ketones is 1. The minimum atomic E-state index is -0.304. The topological polar surface area (TPSA) is 97.0 Å². The van der Waals surface area contributed by atoms with Crippen LogP contribution in [0.1, 0.15) is 36.5 Å². The lowest BCUT2D eigenvalue weighted by Crippen LogP contribution is -2.51. The number of rotatable bonds is 5. The van der Waals surface area contributed by atoms with E-state index in [1.807, 2.05) is 6.07 Å². The molecule has 0 amide bonds. The Morgan fingerprint density at radius 2 is 2.20 bits per heavy atom. The molecule has 1 aliphatic heterocycles. The van der Waals surface area contributed by atoms with Gasteiger partial charge < -0.3 is 16.0 Å². The molecule has 7 nitrogen and oxygen atoms in total. The van der Waals surface area contributed by atoms with Crippen molar-refractivity contribution in [1.29, 1.82) is 0 Å². The molecule has 1 saturated heterocycles. The van der Waals surface area contributed by atoms with Crippen LogP contribution in [-0.4, -0.2) is 46.4 Å². The fraction of sp³-hybridized carbons (Fsp3) is 0.444. The SMILES string of the molecule is CC(C)C[C@H]1CN(c2ccnc(C(=O)c3cccnc3N)n2)CCN1. The number of piperazine rings is 1. The molecule has 7 heteroatoms. The Bertz CT molecular complexity index is 748. The van der Waals surface area contributed by atoms with Gasteiger partial charge in [-0.25, -0.2) is 15.0 Å². The third-order valence-electron chi connectivity index (χ3n) is 4.26. The second kappa shape index (κ2) is 7.57. The van der Waals surface area contributed by atoms with Gasteiger partial charge in [-0.1, -0.05) is 13.8 Å². The summed E-state index contributed by atoms with van der Waals surface area (Å²) in [5.74, 6) is 1.45. The van der Waals surface area contributed by atoms with Crippen molar-refractivity contribution in [3.63, 3.8) is 0 Å². The largest absolute Gasteiger partial charge is 0.383 e. The zero-order valence-corrected chi connectivity index (χ0v) is 14.6. The average Bonchev–Trinajstić information content (AvgIpc) is 2.61. The van der Waals surface area contributed by atoms with Gasteiger partial charge >= 0.3 is 0 Å². The molecule has 0 bridgehead atoms. The maximum absolute atomic E-state index is 12.6. The highest BCUT2D eigenvalue weighted by molar-refractivity contribution is 6.09. The summed E-state index contributed by atoms with van der Waals surface area (Å²) < 4.78 is 0. The van der Waals surface area contributed by atoms with Crippen molar-refractivity contribution >= 4 is 17.4 Å². The number of nitrogen functional groups attached to an aromatic ring is 1. The Morgan fingerprint density at radius 3 is 2.96 bits per heavy atom. The Hall–Kier alpha value is -2.54. The van der Waals surface area contributed by atoms with E-state index in [4.69, 9.17) is 5.73 Å². The van der Waals surface area contributed by atoms with E-state index in [1.165, 1.54) is 0 Å². The molecule has 0 saturated carbocycles. The highest BCUT2D eigenvalue weighted by Gasteiger charge is 2.23. The summed E-state index contributed by atoms with van der Waals surface area (Å²) in [5, 5.41) is 3.54. The Labute approximate surface area is 147 Å². The van der Waals surface area contributed by atoms with Crippen LogP contribution in [0.15, 0.2) is 30.6 Å². The smallest absolute Gasteiger partial charge is 0.234 e. The van der Waals surface area contributed by atoms with Crippen molar-refractivity contribution in [3.05, 3.63) is 42.0 Å². The first-order valence-corrected chi connectivity index (χ1v) is 8.61. The lowest BCUT2D eigenvalue weighted by atomic mass is 10.0. The first-order valence-electron chi connectivity index (χ1n) is 8.61. The van der Waals surface area contributed by atoms with Crippen molar-refractivity contribution in [3.8, 4) is 0 Å². The van der Waals surface area contributed by atoms with Crippen molar-refractivity contribution < 1.29 is 4.79 Å². The summed E-state index contributed by atoms with van der Waals surface area (Å²) in [6.45, 7) is 7.08. The van der Waals surface area contributed by atoms with E-state index < -0.39 is 0 Å². The fourth-order valence-electron chi connectivity index (χ4n) is 3.13. The van der Waals surface area contributed by atoms with Crippen molar-refractivity contribution in [2.45, 2.75) is 26.3 Å². The summed E-state index contributed by atoms with van der Waals surface area (Å²) in [4.78, 5) is 27.4. The zero-order valence-electron chi connectivity index (χ0n) is 14.6. The van der Waals surface area contributed by atoms with Crippen LogP contribution >= 0.6 is 0 Å². The standard InChI is InChI=1S/C18H24N6O/c1-12(2)10-13-11-24(9-8-20-13)15-5-7-22-18(23-15)16(25)14-4-3-6-21-17(14)19/h3-7,12-13,20H,8-11H2,1-2H3,(H2,19,21)/t13-/m0/s1. The first-order chi connectivity index (χ1) is 12.0. The summed E-state index contributed by atoms with van der Waals surface area (Å²) in [6.07, 6.45) is 4.29. The number of carbonyl (C=O) groups excluding carboxylic acids is 1. The summed E-state index contributed by atoms with van der Waals surface area (Å²) >= 11 is 0. The molecular weight excluding hydrogens is 316 g/mol. The molecule has 0 aliphatic carbocycles. The van der Waals surface area contributed by atoms with Crippen molar-refractivity contribution in [2.75, 3.05) is 30.3 Å². The molecule has 2 aromatic rings. The molecule has 132 valence electrons. The van der Waals surface area contributed by atoms with E-state index in [9.17, 15) is 4.79 Å². The van der Waals surface area contributed by atoms with Gasteiger partial charge in [-0.2, -0.15) is 0 Å². The minimum absolute atomic E-state index is 0.149. The van der Waals surface area contributed by atoms with Crippen LogP contribution in [0.2, 0.25) is 0 Å². The monoisotopic (exact) mass is 340 g/mol. The van der Waals surface area contributed by atoms with Gasteiger partial charge in [0.2, 0.25) is 11.6 Å². The summed E-state index contributed by atoms with van der Waals surface area (Å²) in [6, 6.07) is 5.60. The molecule has 0 radical (unpaired) electrons. The van der Waals surface area contributed by atoms with Crippen LogP contribution in [0.4, 0.5) is 11.6 Å². The number of pyridine rings is 1. The number of nitrogens with zero attached hydrogens (tertiary/aromatic N) is 4. The second-order valence-electron chi connectivity index (χ2n) is 6.73. The van der Waals surface area contributed by atoms with Crippen LogP contribution in [0.3, 0.4) is 0 Å². The maximum Gasteiger partial charge on any atom is 0.234 e. The average molecular weight is 340 g/mol. The second-order valence-corrected chi connectivity index (χ2v) is 6.73. The van der Waals surface area contributed by atoms with Gasteiger partial charge in [0.1, 0.15) is 11.6 Å². The van der Waals surface area contributed by atoms with E-state index in [1.54, 1.807) is 24.5 Å². The molecule has 2 aromatic heterocycles. The van der Waals surface area contributed by atoms with Gasteiger partial charge in [0.15, 0.2) is 0 Å². The van der Waals surface area contributed by atoms with Gasteiger partial charge in [-0.15, -0.1) is 0 Å². The molecule has 1 aliphatic rings. The van der Waals surface area contributed by atoms with E-state index in [0.29, 0.717) is 17.5 Å². The number of aromatic nitrogens is 3. The van der Waals surface area contributed by atoms with E-state index in [0.717, 1.165) is 31.9 Å². The number of nitrogens with one attached hydrogen (secondary N) is 1. The number of hydrogen-bond donors (Lipinski definition) is 2. The van der Waals surface area contributed by atoms with E-state index >= 15 is 0 Å². The third kappa shape index (κ3) is 4.11. The Balaban J connectivity index is 1.79. The van der Waals surface area contributed by atoms with Crippen LogP contribution in [0.5, 0.6) is 0 Å². The Kier molecular flexibility index (Phi) is 5.23. The van der Waals surface area contributed by atoms with Crippen LogP contribution in [0.25, 0.3) is 0 Å². The van der Waals surface area contributed by atoms with Gasteiger partial charge in [-0.3, -0.25) is 4.79 Å². The first kappa shape index (κ1) is 17.3. The molecule has 0 spiro atoms. The van der Waals surface area contributed by atoms with Gasteiger partial charge in [-0.05, 0) is 30.5 Å². The predicted octanol–water partition coefficient (Wildman–Crippen LogP) is 1.51. The highest BCUT2D eigenvalue weighted by Crippen LogP contribution is 2.18. The molecule has 1 atom stereocenters. The summed E-state index contributed by atoms with van der Waals surface area (Å²) in [5.41, 5.74) is 6.13. The van der Waals surface area contributed by atoms with Crippen LogP contribution < -0.4 is 16.0 Å². The highest BCUT2D eigenvalue weighted by atomic mass is 16.1. The molecule has 0 aromatic carbocycles. The normalized spacial score (nSPS) is 17.7. The zero-order chi connectivity index (χ0) is 17.8. The lowest BCUT2D eigenvalue weighted by Gasteiger charge is -2.35.